The maximum atomic E-state index is 13.9. The summed E-state index contributed by atoms with van der Waals surface area (Å²) in [7, 11) is 2.73. The van der Waals surface area contributed by atoms with Crippen molar-refractivity contribution in [2.45, 2.75) is 30.3 Å². The van der Waals surface area contributed by atoms with Crippen LogP contribution < -0.4 is 5.73 Å². The Morgan fingerprint density at radius 3 is 2.32 bits per heavy atom. The number of hydrogen-bond acceptors (Lipinski definition) is 9. The molecule has 13 heteroatoms. The summed E-state index contributed by atoms with van der Waals surface area (Å²) >= 11 is 0. The molecule has 7 atom stereocenters. The molecule has 5 rings (SSSR count). The number of rotatable bonds is 3. The van der Waals surface area contributed by atoms with Gasteiger partial charge in [-0.3, -0.25) is 28.9 Å². The molecule has 0 radical (unpaired) electrons. The zero-order valence-electron chi connectivity index (χ0n) is 21.7. The molecule has 0 spiro atoms. The molecule has 2 saturated carbocycles. The van der Waals surface area contributed by atoms with Gasteiger partial charge in [0.25, 0.3) is 0 Å². The predicted molar refractivity (Wildman–Crippen MR) is 133 cm³/mol. The number of nitrogens with two attached hydrogens (primary N) is 1. The third-order valence-corrected chi connectivity index (χ3v) is 8.53. The highest BCUT2D eigenvalue weighted by atomic mass is 19.4. The molecule has 3 aliphatic carbocycles. The number of likely N-dealkylation sites (N-methyl/N-ethyl adjacent to an activating group) is 1. The van der Waals surface area contributed by atoms with Crippen LogP contribution in [0, 0.1) is 23.7 Å². The fourth-order valence-electron chi connectivity index (χ4n) is 6.75. The van der Waals surface area contributed by atoms with E-state index in [4.69, 9.17) is 5.73 Å². The summed E-state index contributed by atoms with van der Waals surface area (Å²) in [6.45, 7) is 0. The van der Waals surface area contributed by atoms with Crippen LogP contribution in [0.5, 0.6) is 5.75 Å². The molecule has 41 heavy (non-hydrogen) atoms. The van der Waals surface area contributed by atoms with Gasteiger partial charge >= 0.3 is 6.18 Å². The van der Waals surface area contributed by atoms with E-state index in [0.717, 1.165) is 18.2 Å². The van der Waals surface area contributed by atoms with Gasteiger partial charge in [0.15, 0.2) is 34.7 Å². The average Bonchev–Trinajstić information content (AvgIpc) is 2.88. The molecule has 1 amide bonds. The molecule has 2 unspecified atom stereocenters. The van der Waals surface area contributed by atoms with Crippen LogP contribution in [-0.2, 0) is 31.8 Å². The topological polar surface area (TPSA) is 175 Å². The minimum absolute atomic E-state index is 0.0499. The van der Waals surface area contributed by atoms with Crippen molar-refractivity contribution in [3.05, 3.63) is 53.1 Å². The third kappa shape index (κ3) is 3.94. The maximum absolute atomic E-state index is 13.9. The van der Waals surface area contributed by atoms with E-state index in [2.05, 4.69) is 0 Å². The number of hydrogen-bond donors (Lipinski definition) is 4. The molecular formula is C28H25F3N2O8. The summed E-state index contributed by atoms with van der Waals surface area (Å²) in [5.41, 5.74) is 0.997. The zero-order chi connectivity index (χ0) is 30.3. The lowest BCUT2D eigenvalue weighted by Gasteiger charge is -2.54. The number of Topliss-reactive ketones (excluding diaryl/α,β-unsaturated/α-hetero) is 4. The Morgan fingerprint density at radius 1 is 1.07 bits per heavy atom. The van der Waals surface area contributed by atoms with Crippen LogP contribution in [-0.4, -0.2) is 81.1 Å². The number of amides is 1. The molecule has 0 aliphatic heterocycles. The number of primary amides is 1. The second kappa shape index (κ2) is 9.29. The highest BCUT2D eigenvalue weighted by Crippen LogP contribution is 2.52. The number of halogens is 3. The third-order valence-electron chi connectivity index (χ3n) is 8.53. The Hall–Kier alpha value is -3.94. The standard InChI is InChI=1S/C28H25F3N2O8/c1-33(2)20-19-21(35)14-9-13-12(10-4-3-5-11(8-10)28(29,30)31)6-7-15(34)16(13)22(36)17(14)24(38)27(19,41)25(39)18(23(20)37)26(32)40/h3-8,14,17-21,34-35,41H,9H2,1-2H3,(H2,32,40)/t14-,17?,18?,19-,20+,21+,27+/m1/s1. The van der Waals surface area contributed by atoms with Crippen molar-refractivity contribution in [2.24, 2.45) is 29.4 Å². The Labute approximate surface area is 230 Å². The van der Waals surface area contributed by atoms with Crippen molar-refractivity contribution in [1.29, 1.82) is 0 Å². The van der Waals surface area contributed by atoms with Gasteiger partial charge in [0.1, 0.15) is 5.75 Å². The van der Waals surface area contributed by atoms with Crippen molar-refractivity contribution in [3.63, 3.8) is 0 Å². The second-order valence-corrected chi connectivity index (χ2v) is 10.9. The summed E-state index contributed by atoms with van der Waals surface area (Å²) in [5.74, 6) is -14.2. The molecule has 2 fully saturated rings. The summed E-state index contributed by atoms with van der Waals surface area (Å²) in [6, 6.07) is 5.10. The van der Waals surface area contributed by atoms with E-state index in [9.17, 15) is 52.5 Å². The van der Waals surface area contributed by atoms with Crippen molar-refractivity contribution in [2.75, 3.05) is 14.1 Å². The number of benzene rings is 2. The number of carbonyl (C=O) groups is 5. The molecule has 3 aliphatic rings. The highest BCUT2D eigenvalue weighted by molar-refractivity contribution is 6.32. The molecule has 0 bridgehead atoms. The average molecular weight is 575 g/mol. The first kappa shape index (κ1) is 28.6. The monoisotopic (exact) mass is 574 g/mol. The van der Waals surface area contributed by atoms with E-state index in [1.54, 1.807) is 0 Å². The number of phenolic OH excluding ortho intramolecular Hbond substituents is 1. The Morgan fingerprint density at radius 2 is 1.73 bits per heavy atom. The molecule has 10 nitrogen and oxygen atoms in total. The lowest BCUT2D eigenvalue weighted by molar-refractivity contribution is -0.195. The summed E-state index contributed by atoms with van der Waals surface area (Å²) in [4.78, 5) is 67.5. The quantitative estimate of drug-likeness (QED) is 0.381. The fourth-order valence-corrected chi connectivity index (χ4v) is 6.75. The number of aromatic hydroxyl groups is 1. The van der Waals surface area contributed by atoms with Gasteiger partial charge in [-0.15, -0.1) is 0 Å². The normalized spacial score (nSPS) is 31.5. The van der Waals surface area contributed by atoms with Crippen LogP contribution in [0.15, 0.2) is 36.4 Å². The SMILES string of the molecule is CN(C)[C@@H]1C(=O)C(C(N)=O)C(=O)[C@@]2(O)C(=O)C3C(=O)c4c(O)ccc(-c5cccc(C(F)(F)F)c5)c4C[C@H]3[C@H](O)[C@@H]12. The van der Waals surface area contributed by atoms with E-state index in [1.165, 1.54) is 37.2 Å². The number of carbonyl (C=O) groups excluding carboxylic acids is 5. The van der Waals surface area contributed by atoms with Gasteiger partial charge in [0.05, 0.1) is 35.1 Å². The lowest BCUT2D eigenvalue weighted by Crippen LogP contribution is -2.77. The largest absolute Gasteiger partial charge is 0.507 e. The van der Waals surface area contributed by atoms with Gasteiger partial charge in [0, 0.05) is 5.92 Å². The van der Waals surface area contributed by atoms with Gasteiger partial charge in [-0.1, -0.05) is 18.2 Å². The van der Waals surface area contributed by atoms with Gasteiger partial charge in [0.2, 0.25) is 5.91 Å². The maximum Gasteiger partial charge on any atom is 0.416 e. The first-order valence-corrected chi connectivity index (χ1v) is 12.6. The number of ketones is 4. The molecule has 2 aromatic rings. The van der Waals surface area contributed by atoms with E-state index < -0.39 is 93.5 Å². The predicted octanol–water partition coefficient (Wildman–Crippen LogP) is 0.524. The lowest BCUT2D eigenvalue weighted by atomic mass is 9.51. The van der Waals surface area contributed by atoms with Crippen molar-refractivity contribution >= 4 is 29.0 Å². The van der Waals surface area contributed by atoms with Gasteiger partial charge in [-0.05, 0) is 55.4 Å². The minimum Gasteiger partial charge on any atom is -0.507 e. The van der Waals surface area contributed by atoms with Gasteiger partial charge in [-0.2, -0.15) is 13.2 Å². The summed E-state index contributed by atoms with van der Waals surface area (Å²) in [5, 5.41) is 33.8. The van der Waals surface area contributed by atoms with Crippen LogP contribution >= 0.6 is 0 Å². The molecule has 216 valence electrons. The fraction of sp³-hybridized carbons (Fsp3) is 0.393. The Bertz CT molecular complexity index is 1540. The van der Waals surface area contributed by atoms with Crippen molar-refractivity contribution < 1.29 is 52.5 Å². The first-order chi connectivity index (χ1) is 19.0. The zero-order valence-corrected chi connectivity index (χ0v) is 21.7. The van der Waals surface area contributed by atoms with Crippen LogP contribution in [0.2, 0.25) is 0 Å². The van der Waals surface area contributed by atoms with Crippen LogP contribution in [0.25, 0.3) is 11.1 Å². The number of phenols is 1. The molecule has 0 heterocycles. The smallest absolute Gasteiger partial charge is 0.416 e. The second-order valence-electron chi connectivity index (χ2n) is 10.9. The van der Waals surface area contributed by atoms with Crippen LogP contribution in [0.3, 0.4) is 0 Å². The van der Waals surface area contributed by atoms with E-state index in [0.29, 0.717) is 0 Å². The summed E-state index contributed by atoms with van der Waals surface area (Å²) < 4.78 is 40.3. The minimum atomic E-state index is -4.67. The van der Waals surface area contributed by atoms with E-state index in [1.807, 2.05) is 0 Å². The van der Waals surface area contributed by atoms with E-state index in [-0.39, 0.29) is 23.1 Å². The molecule has 5 N–H and O–H groups in total. The Kier molecular flexibility index (Phi) is 6.48. The molecule has 0 aromatic heterocycles. The van der Waals surface area contributed by atoms with Crippen molar-refractivity contribution in [1.82, 2.24) is 4.90 Å². The van der Waals surface area contributed by atoms with Crippen molar-refractivity contribution in [3.8, 4) is 16.9 Å². The molecule has 0 saturated heterocycles. The highest BCUT2D eigenvalue weighted by Gasteiger charge is 2.72. The number of aliphatic hydroxyl groups is 2. The number of alkyl halides is 3. The Balaban J connectivity index is 1.69. The molecular weight excluding hydrogens is 549 g/mol. The van der Waals surface area contributed by atoms with Gasteiger partial charge < -0.3 is 21.1 Å². The number of aliphatic hydroxyl groups excluding tert-OH is 1. The summed E-state index contributed by atoms with van der Waals surface area (Å²) in [6.07, 6.45) is -6.84. The number of nitrogens with zero attached hydrogens (tertiary/aromatic N) is 1. The first-order valence-electron chi connectivity index (χ1n) is 12.6. The van der Waals surface area contributed by atoms with E-state index >= 15 is 0 Å². The van der Waals surface area contributed by atoms with Gasteiger partial charge in [-0.25, -0.2) is 0 Å². The molecule has 2 aromatic carbocycles. The van der Waals surface area contributed by atoms with Crippen LogP contribution in [0.4, 0.5) is 13.2 Å². The van der Waals surface area contributed by atoms with Crippen LogP contribution in [0.1, 0.15) is 21.5 Å². The number of fused-ring (bicyclic) bond motifs is 3.